The van der Waals surface area contributed by atoms with Crippen molar-refractivity contribution in [3.05, 3.63) is 64.5 Å². The van der Waals surface area contributed by atoms with E-state index >= 15 is 0 Å². The summed E-state index contributed by atoms with van der Waals surface area (Å²) in [5, 5.41) is 5.89. The van der Waals surface area contributed by atoms with E-state index in [-0.39, 0.29) is 23.3 Å². The first kappa shape index (κ1) is 17.7. The summed E-state index contributed by atoms with van der Waals surface area (Å²) in [6.07, 6.45) is 2.14. The lowest BCUT2D eigenvalue weighted by Crippen LogP contribution is -2.25. The van der Waals surface area contributed by atoms with Gasteiger partial charge < -0.3 is 15.5 Å². The van der Waals surface area contributed by atoms with E-state index in [4.69, 9.17) is 0 Å². The van der Waals surface area contributed by atoms with Crippen LogP contribution in [0.25, 0.3) is 0 Å². The van der Waals surface area contributed by atoms with Crippen LogP contribution in [-0.4, -0.2) is 29.8 Å². The summed E-state index contributed by atoms with van der Waals surface area (Å²) in [6.45, 7) is 2.74. The Morgan fingerprint density at radius 2 is 1.96 bits per heavy atom. The molecule has 0 aromatic heterocycles. The molecule has 140 valence electrons. The standard InChI is InChI=1S/C21H22FN3O2/c22-20-17-9-10-23-12-16(17)7-8-18(20)24-21(27)15-5-3-14(4-6-15)13-25-11-1-2-19(25)26/h3-8,23H,1-2,9-13H2,(H,24,27). The Kier molecular flexibility index (Phi) is 4.90. The van der Waals surface area contributed by atoms with Crippen LogP contribution in [0.5, 0.6) is 0 Å². The van der Waals surface area contributed by atoms with Gasteiger partial charge in [-0.2, -0.15) is 0 Å². The number of anilines is 1. The number of halogens is 1. The molecular formula is C21H22FN3O2. The Hall–Kier alpha value is -2.73. The van der Waals surface area contributed by atoms with Crippen LogP contribution in [0.4, 0.5) is 10.1 Å². The van der Waals surface area contributed by atoms with Crippen LogP contribution >= 0.6 is 0 Å². The molecule has 0 radical (unpaired) electrons. The number of benzene rings is 2. The molecule has 6 heteroatoms. The topological polar surface area (TPSA) is 61.4 Å². The first-order chi connectivity index (χ1) is 13.1. The summed E-state index contributed by atoms with van der Waals surface area (Å²) < 4.78 is 14.7. The second kappa shape index (κ2) is 7.48. The maximum atomic E-state index is 14.7. The number of nitrogens with one attached hydrogen (secondary N) is 2. The Labute approximate surface area is 157 Å². The van der Waals surface area contributed by atoms with Gasteiger partial charge in [0.05, 0.1) is 5.69 Å². The summed E-state index contributed by atoms with van der Waals surface area (Å²) in [5.74, 6) is -0.506. The average molecular weight is 367 g/mol. The molecule has 2 aromatic rings. The van der Waals surface area contributed by atoms with Crippen LogP contribution < -0.4 is 10.6 Å². The zero-order chi connectivity index (χ0) is 18.8. The second-order valence-corrected chi connectivity index (χ2v) is 7.06. The molecule has 0 aliphatic carbocycles. The summed E-state index contributed by atoms with van der Waals surface area (Å²) in [5.41, 5.74) is 3.28. The number of nitrogens with zero attached hydrogens (tertiary/aromatic N) is 1. The van der Waals surface area contributed by atoms with Crippen LogP contribution in [0.2, 0.25) is 0 Å². The van der Waals surface area contributed by atoms with E-state index in [9.17, 15) is 14.0 Å². The molecule has 2 aromatic carbocycles. The Morgan fingerprint density at radius 1 is 1.15 bits per heavy atom. The fourth-order valence-electron chi connectivity index (χ4n) is 3.68. The van der Waals surface area contributed by atoms with Gasteiger partial charge in [-0.1, -0.05) is 18.2 Å². The molecule has 2 aliphatic rings. The van der Waals surface area contributed by atoms with Crippen LogP contribution in [-0.2, 0) is 24.3 Å². The molecule has 1 saturated heterocycles. The number of rotatable bonds is 4. The van der Waals surface area contributed by atoms with Crippen molar-refractivity contribution in [2.75, 3.05) is 18.4 Å². The first-order valence-corrected chi connectivity index (χ1v) is 9.31. The third kappa shape index (κ3) is 3.71. The lowest BCUT2D eigenvalue weighted by atomic mass is 9.99. The quantitative estimate of drug-likeness (QED) is 0.874. The van der Waals surface area contributed by atoms with Crippen LogP contribution in [0.15, 0.2) is 36.4 Å². The normalized spacial score (nSPS) is 16.3. The minimum Gasteiger partial charge on any atom is -0.338 e. The van der Waals surface area contributed by atoms with Gasteiger partial charge in [-0.15, -0.1) is 0 Å². The molecular weight excluding hydrogens is 345 g/mol. The number of carbonyl (C=O) groups is 2. The van der Waals surface area contributed by atoms with E-state index in [2.05, 4.69) is 10.6 Å². The highest BCUT2D eigenvalue weighted by atomic mass is 19.1. The predicted octanol–water partition coefficient (Wildman–Crippen LogP) is 2.85. The van der Waals surface area contributed by atoms with Gasteiger partial charge in [0, 0.05) is 31.6 Å². The number of carbonyl (C=O) groups excluding carboxylic acids is 2. The third-order valence-corrected chi connectivity index (χ3v) is 5.22. The van der Waals surface area contributed by atoms with Crippen molar-refractivity contribution in [3.63, 3.8) is 0 Å². The SMILES string of the molecule is O=C(Nc1ccc2c(c1F)CCNC2)c1ccc(CN2CCCC2=O)cc1. The molecule has 2 aliphatic heterocycles. The van der Waals surface area contributed by atoms with Crippen molar-refractivity contribution >= 4 is 17.5 Å². The molecule has 2 heterocycles. The van der Waals surface area contributed by atoms with E-state index in [1.165, 1.54) is 0 Å². The molecule has 2 amide bonds. The van der Waals surface area contributed by atoms with Crippen molar-refractivity contribution in [1.82, 2.24) is 10.2 Å². The fraction of sp³-hybridized carbons (Fsp3) is 0.333. The summed E-state index contributed by atoms with van der Waals surface area (Å²) >= 11 is 0. The Morgan fingerprint density at radius 3 is 2.70 bits per heavy atom. The monoisotopic (exact) mass is 367 g/mol. The highest BCUT2D eigenvalue weighted by Crippen LogP contribution is 2.25. The van der Waals surface area contributed by atoms with Crippen molar-refractivity contribution in [3.8, 4) is 0 Å². The molecule has 4 rings (SSSR count). The number of likely N-dealkylation sites (tertiary alicyclic amines) is 1. The fourth-order valence-corrected chi connectivity index (χ4v) is 3.68. The van der Waals surface area contributed by atoms with Crippen molar-refractivity contribution in [2.24, 2.45) is 0 Å². The van der Waals surface area contributed by atoms with Gasteiger partial charge in [0.1, 0.15) is 5.82 Å². The van der Waals surface area contributed by atoms with Gasteiger partial charge in [0.2, 0.25) is 5.91 Å². The Balaban J connectivity index is 1.45. The van der Waals surface area contributed by atoms with Gasteiger partial charge in [-0.3, -0.25) is 9.59 Å². The molecule has 5 nitrogen and oxygen atoms in total. The van der Waals surface area contributed by atoms with Gasteiger partial charge in [0.25, 0.3) is 5.91 Å². The van der Waals surface area contributed by atoms with E-state index in [1.807, 2.05) is 23.1 Å². The van der Waals surface area contributed by atoms with Crippen LogP contribution in [0.1, 0.15) is 39.9 Å². The van der Waals surface area contributed by atoms with Crippen molar-refractivity contribution in [1.29, 1.82) is 0 Å². The summed E-state index contributed by atoms with van der Waals surface area (Å²) in [7, 11) is 0. The van der Waals surface area contributed by atoms with E-state index in [0.29, 0.717) is 37.1 Å². The van der Waals surface area contributed by atoms with Crippen LogP contribution in [0.3, 0.4) is 0 Å². The predicted molar refractivity (Wildman–Crippen MR) is 101 cm³/mol. The zero-order valence-electron chi connectivity index (χ0n) is 15.1. The van der Waals surface area contributed by atoms with Crippen LogP contribution in [0, 0.1) is 5.82 Å². The smallest absolute Gasteiger partial charge is 0.255 e. The number of amides is 2. The highest BCUT2D eigenvalue weighted by Gasteiger charge is 2.20. The molecule has 0 bridgehead atoms. The molecule has 27 heavy (non-hydrogen) atoms. The van der Waals surface area contributed by atoms with Gasteiger partial charge >= 0.3 is 0 Å². The minimum absolute atomic E-state index is 0.176. The maximum absolute atomic E-state index is 14.7. The largest absolute Gasteiger partial charge is 0.338 e. The first-order valence-electron chi connectivity index (χ1n) is 9.31. The highest BCUT2D eigenvalue weighted by molar-refractivity contribution is 6.04. The molecule has 2 N–H and O–H groups in total. The van der Waals surface area contributed by atoms with E-state index in [0.717, 1.165) is 30.6 Å². The van der Waals surface area contributed by atoms with Gasteiger partial charge in [0.15, 0.2) is 0 Å². The zero-order valence-corrected chi connectivity index (χ0v) is 15.1. The lowest BCUT2D eigenvalue weighted by Gasteiger charge is -2.19. The molecule has 0 saturated carbocycles. The van der Waals surface area contributed by atoms with E-state index < -0.39 is 0 Å². The molecule has 0 atom stereocenters. The molecule has 0 spiro atoms. The number of fused-ring (bicyclic) bond motifs is 1. The third-order valence-electron chi connectivity index (χ3n) is 5.22. The maximum Gasteiger partial charge on any atom is 0.255 e. The van der Waals surface area contributed by atoms with E-state index in [1.54, 1.807) is 18.2 Å². The average Bonchev–Trinajstić information content (AvgIpc) is 3.09. The van der Waals surface area contributed by atoms with Gasteiger partial charge in [-0.05, 0) is 54.3 Å². The van der Waals surface area contributed by atoms with Crippen molar-refractivity contribution in [2.45, 2.75) is 32.4 Å². The number of hydrogen-bond acceptors (Lipinski definition) is 3. The lowest BCUT2D eigenvalue weighted by molar-refractivity contribution is -0.128. The summed E-state index contributed by atoms with van der Waals surface area (Å²) in [6, 6.07) is 10.6. The molecule has 0 unspecified atom stereocenters. The van der Waals surface area contributed by atoms with Crippen molar-refractivity contribution < 1.29 is 14.0 Å². The Bertz CT molecular complexity index is 880. The summed E-state index contributed by atoms with van der Waals surface area (Å²) in [4.78, 5) is 26.0. The van der Waals surface area contributed by atoms with Gasteiger partial charge in [-0.25, -0.2) is 4.39 Å². The number of hydrogen-bond donors (Lipinski definition) is 2. The second-order valence-electron chi connectivity index (χ2n) is 7.06. The minimum atomic E-state index is -0.341. The molecule has 1 fully saturated rings.